The molecule has 1 nitrogen and oxygen atoms in total. The second kappa shape index (κ2) is 6.23. The molecular weight excluding hydrogens is 239 g/mol. The Morgan fingerprint density at radius 3 is 2.28 bits per heavy atom. The first-order chi connectivity index (χ1) is 8.41. The largest absolute Gasteiger partial charge is 0.416 e. The summed E-state index contributed by atoms with van der Waals surface area (Å²) < 4.78 is 39.0. The van der Waals surface area contributed by atoms with Crippen LogP contribution in [0, 0.1) is 5.92 Å². The van der Waals surface area contributed by atoms with Crippen molar-refractivity contribution in [3.05, 3.63) is 35.4 Å². The van der Waals surface area contributed by atoms with Crippen LogP contribution < -0.4 is 5.32 Å². The van der Waals surface area contributed by atoms with Crippen LogP contribution in [-0.4, -0.2) is 6.54 Å². The van der Waals surface area contributed by atoms with Gasteiger partial charge < -0.3 is 5.32 Å². The summed E-state index contributed by atoms with van der Waals surface area (Å²) in [5.41, 5.74) is -0.183. The Morgan fingerprint density at radius 2 is 1.78 bits per heavy atom. The lowest BCUT2D eigenvalue weighted by atomic mass is 9.89. The van der Waals surface area contributed by atoms with Gasteiger partial charge in [-0.2, -0.15) is 13.2 Å². The van der Waals surface area contributed by atoms with Gasteiger partial charge >= 0.3 is 6.18 Å². The van der Waals surface area contributed by atoms with E-state index in [2.05, 4.69) is 5.32 Å². The molecule has 18 heavy (non-hydrogen) atoms. The Balaban J connectivity index is 3.19. The highest BCUT2D eigenvalue weighted by Crippen LogP contribution is 2.37. The SMILES string of the molecule is CCNC(c1ccccc1C(F)(F)F)C(C)CC. The minimum absolute atomic E-state index is 0.161. The van der Waals surface area contributed by atoms with Crippen LogP contribution in [0.15, 0.2) is 24.3 Å². The van der Waals surface area contributed by atoms with Gasteiger partial charge in [0.25, 0.3) is 0 Å². The van der Waals surface area contributed by atoms with Gasteiger partial charge in [-0.3, -0.25) is 0 Å². The summed E-state index contributed by atoms with van der Waals surface area (Å²) in [5.74, 6) is 0.161. The topological polar surface area (TPSA) is 12.0 Å². The molecule has 0 aliphatic rings. The maximum Gasteiger partial charge on any atom is 0.416 e. The van der Waals surface area contributed by atoms with Crippen LogP contribution in [0.1, 0.15) is 44.4 Å². The van der Waals surface area contributed by atoms with Gasteiger partial charge in [0, 0.05) is 6.04 Å². The van der Waals surface area contributed by atoms with E-state index in [4.69, 9.17) is 0 Å². The van der Waals surface area contributed by atoms with Gasteiger partial charge in [-0.05, 0) is 24.1 Å². The molecule has 0 fully saturated rings. The molecule has 1 aromatic rings. The Labute approximate surface area is 106 Å². The second-order valence-electron chi connectivity index (χ2n) is 4.51. The fourth-order valence-electron chi connectivity index (χ4n) is 2.10. The number of halogens is 3. The van der Waals surface area contributed by atoms with Gasteiger partial charge in [0.2, 0.25) is 0 Å². The van der Waals surface area contributed by atoms with E-state index in [0.29, 0.717) is 12.1 Å². The molecule has 0 aromatic heterocycles. The summed E-state index contributed by atoms with van der Waals surface area (Å²) in [5, 5.41) is 3.16. The molecule has 0 bridgehead atoms. The summed E-state index contributed by atoms with van der Waals surface area (Å²) in [7, 11) is 0. The molecule has 0 saturated heterocycles. The molecule has 2 atom stereocenters. The fourth-order valence-corrected chi connectivity index (χ4v) is 2.10. The molecule has 102 valence electrons. The second-order valence-corrected chi connectivity index (χ2v) is 4.51. The molecule has 1 rings (SSSR count). The van der Waals surface area contributed by atoms with E-state index in [1.54, 1.807) is 12.1 Å². The highest BCUT2D eigenvalue weighted by molar-refractivity contribution is 5.32. The quantitative estimate of drug-likeness (QED) is 0.826. The van der Waals surface area contributed by atoms with E-state index in [1.807, 2.05) is 20.8 Å². The minimum atomic E-state index is -4.29. The number of hydrogen-bond donors (Lipinski definition) is 1. The van der Waals surface area contributed by atoms with Crippen LogP contribution >= 0.6 is 0 Å². The molecule has 4 heteroatoms. The first kappa shape index (κ1) is 15.0. The third kappa shape index (κ3) is 3.48. The van der Waals surface area contributed by atoms with E-state index in [1.165, 1.54) is 6.07 Å². The van der Waals surface area contributed by atoms with Gasteiger partial charge in [0.15, 0.2) is 0 Å². The van der Waals surface area contributed by atoms with Crippen molar-refractivity contribution in [2.24, 2.45) is 5.92 Å². The molecule has 1 N–H and O–H groups in total. The van der Waals surface area contributed by atoms with E-state index in [0.717, 1.165) is 12.5 Å². The Hall–Kier alpha value is -1.03. The molecular formula is C14H20F3N. The smallest absolute Gasteiger partial charge is 0.310 e. The lowest BCUT2D eigenvalue weighted by Gasteiger charge is -2.27. The van der Waals surface area contributed by atoms with Gasteiger partial charge in [0.1, 0.15) is 0 Å². The van der Waals surface area contributed by atoms with Crippen molar-refractivity contribution >= 4 is 0 Å². The third-order valence-corrected chi connectivity index (χ3v) is 3.24. The molecule has 0 radical (unpaired) electrons. The average molecular weight is 259 g/mol. The zero-order chi connectivity index (χ0) is 13.8. The van der Waals surface area contributed by atoms with Crippen molar-refractivity contribution in [3.8, 4) is 0 Å². The molecule has 0 saturated carbocycles. The average Bonchev–Trinajstić information content (AvgIpc) is 2.34. The van der Waals surface area contributed by atoms with Crippen LogP contribution in [-0.2, 0) is 6.18 Å². The normalized spacial score (nSPS) is 15.4. The van der Waals surface area contributed by atoms with Crippen molar-refractivity contribution < 1.29 is 13.2 Å². The zero-order valence-corrected chi connectivity index (χ0v) is 11.0. The number of rotatable bonds is 5. The molecule has 1 aromatic carbocycles. The van der Waals surface area contributed by atoms with Crippen molar-refractivity contribution in [1.29, 1.82) is 0 Å². The number of benzene rings is 1. The maximum absolute atomic E-state index is 13.0. The Bertz CT molecular complexity index is 374. The predicted octanol–water partition coefficient (Wildman–Crippen LogP) is 4.40. The lowest BCUT2D eigenvalue weighted by Crippen LogP contribution is -2.28. The first-order valence-electron chi connectivity index (χ1n) is 6.31. The van der Waals surface area contributed by atoms with Crippen LogP contribution in [0.3, 0.4) is 0 Å². The van der Waals surface area contributed by atoms with E-state index in [-0.39, 0.29) is 12.0 Å². The summed E-state index contributed by atoms with van der Waals surface area (Å²) in [4.78, 5) is 0. The van der Waals surface area contributed by atoms with Crippen LogP contribution in [0.5, 0.6) is 0 Å². The van der Waals surface area contributed by atoms with E-state index < -0.39 is 11.7 Å². The van der Waals surface area contributed by atoms with Crippen molar-refractivity contribution in [2.45, 2.75) is 39.4 Å². The van der Waals surface area contributed by atoms with E-state index >= 15 is 0 Å². The summed E-state index contributed by atoms with van der Waals surface area (Å²) in [6, 6.07) is 5.57. The minimum Gasteiger partial charge on any atom is -0.310 e. The van der Waals surface area contributed by atoms with Crippen molar-refractivity contribution in [3.63, 3.8) is 0 Å². The van der Waals surface area contributed by atoms with Crippen LogP contribution in [0.2, 0.25) is 0 Å². The summed E-state index contributed by atoms with van der Waals surface area (Å²) >= 11 is 0. The zero-order valence-electron chi connectivity index (χ0n) is 11.0. The monoisotopic (exact) mass is 259 g/mol. The van der Waals surface area contributed by atoms with Crippen LogP contribution in [0.4, 0.5) is 13.2 Å². The summed E-state index contributed by atoms with van der Waals surface area (Å²) in [6.07, 6.45) is -3.46. The highest BCUT2D eigenvalue weighted by Gasteiger charge is 2.35. The molecule has 0 heterocycles. The van der Waals surface area contributed by atoms with Crippen molar-refractivity contribution in [2.75, 3.05) is 6.54 Å². The molecule has 0 aliphatic heterocycles. The van der Waals surface area contributed by atoms with Gasteiger partial charge in [0.05, 0.1) is 5.56 Å². The molecule has 0 spiro atoms. The predicted molar refractivity (Wildman–Crippen MR) is 67.3 cm³/mol. The number of alkyl halides is 3. The maximum atomic E-state index is 13.0. The van der Waals surface area contributed by atoms with Crippen LogP contribution in [0.25, 0.3) is 0 Å². The van der Waals surface area contributed by atoms with Gasteiger partial charge in [-0.1, -0.05) is 45.4 Å². The number of hydrogen-bond acceptors (Lipinski definition) is 1. The summed E-state index contributed by atoms with van der Waals surface area (Å²) in [6.45, 7) is 6.53. The van der Waals surface area contributed by atoms with E-state index in [9.17, 15) is 13.2 Å². The fraction of sp³-hybridized carbons (Fsp3) is 0.571. The lowest BCUT2D eigenvalue weighted by molar-refractivity contribution is -0.138. The first-order valence-corrected chi connectivity index (χ1v) is 6.31. The Morgan fingerprint density at radius 1 is 1.17 bits per heavy atom. The molecule has 2 unspecified atom stereocenters. The van der Waals surface area contributed by atoms with Gasteiger partial charge in [-0.25, -0.2) is 0 Å². The standard InChI is InChI=1S/C14H20F3N/c1-4-10(3)13(18-5-2)11-8-6-7-9-12(11)14(15,16)17/h6-10,13,18H,4-5H2,1-3H3. The van der Waals surface area contributed by atoms with Gasteiger partial charge in [-0.15, -0.1) is 0 Å². The Kier molecular flexibility index (Phi) is 5.20. The van der Waals surface area contributed by atoms with Crippen molar-refractivity contribution in [1.82, 2.24) is 5.32 Å². The molecule has 0 amide bonds. The molecule has 0 aliphatic carbocycles. The third-order valence-electron chi connectivity index (χ3n) is 3.24. The highest BCUT2D eigenvalue weighted by atomic mass is 19.4. The number of nitrogens with one attached hydrogen (secondary N) is 1.